The van der Waals surface area contributed by atoms with E-state index in [2.05, 4.69) is 9.88 Å². The molecule has 1 aromatic heterocycles. The number of aryl methyl sites for hydroxylation is 3. The molecular formula is C19H28N2O5S. The first-order chi connectivity index (χ1) is 12.4. The van der Waals surface area contributed by atoms with Crippen molar-refractivity contribution < 1.29 is 23.2 Å². The Kier molecular flexibility index (Phi) is 6.47. The molecule has 3 N–H and O–H groups in total. The Balaban J connectivity index is 2.15. The van der Waals surface area contributed by atoms with Gasteiger partial charge in [0.25, 0.3) is 0 Å². The SMILES string of the molecule is Cc1ccc(-c2c(C)noc2C)cc1S(=O)(=O)NCCCC(O)C(C)(C)O. The van der Waals surface area contributed by atoms with Crippen LogP contribution in [0.15, 0.2) is 27.6 Å². The van der Waals surface area contributed by atoms with Crippen molar-refractivity contribution >= 4 is 10.0 Å². The highest BCUT2D eigenvalue weighted by Crippen LogP contribution is 2.30. The summed E-state index contributed by atoms with van der Waals surface area (Å²) in [4.78, 5) is 0.197. The van der Waals surface area contributed by atoms with Crippen LogP contribution in [-0.4, -0.2) is 42.0 Å². The fourth-order valence-electron chi connectivity index (χ4n) is 2.87. The van der Waals surface area contributed by atoms with Gasteiger partial charge in [-0.1, -0.05) is 17.3 Å². The minimum Gasteiger partial charge on any atom is -0.390 e. The first-order valence-corrected chi connectivity index (χ1v) is 10.4. The predicted molar refractivity (Wildman–Crippen MR) is 103 cm³/mol. The van der Waals surface area contributed by atoms with Crippen LogP contribution in [0, 0.1) is 20.8 Å². The van der Waals surface area contributed by atoms with E-state index in [1.165, 1.54) is 13.8 Å². The van der Waals surface area contributed by atoms with Gasteiger partial charge in [0, 0.05) is 12.1 Å². The number of rotatable bonds is 8. The Morgan fingerprint density at radius 2 is 1.93 bits per heavy atom. The largest absolute Gasteiger partial charge is 0.390 e. The zero-order valence-corrected chi connectivity index (χ0v) is 17.2. The predicted octanol–water partition coefficient (Wildman–Crippen LogP) is 2.46. The maximum atomic E-state index is 12.7. The molecule has 8 heteroatoms. The van der Waals surface area contributed by atoms with Crippen LogP contribution in [0.4, 0.5) is 0 Å². The molecule has 0 radical (unpaired) electrons. The normalized spacial score (nSPS) is 13.7. The van der Waals surface area contributed by atoms with Crippen molar-refractivity contribution in [3.05, 3.63) is 35.2 Å². The van der Waals surface area contributed by atoms with Gasteiger partial charge >= 0.3 is 0 Å². The first-order valence-electron chi connectivity index (χ1n) is 8.87. The summed E-state index contributed by atoms with van der Waals surface area (Å²) in [7, 11) is -3.71. The summed E-state index contributed by atoms with van der Waals surface area (Å²) in [6.45, 7) is 8.55. The Morgan fingerprint density at radius 3 is 2.48 bits per heavy atom. The highest BCUT2D eigenvalue weighted by Gasteiger charge is 2.24. The number of aliphatic hydroxyl groups excluding tert-OH is 1. The van der Waals surface area contributed by atoms with Crippen LogP contribution in [0.3, 0.4) is 0 Å². The third kappa shape index (κ3) is 5.16. The van der Waals surface area contributed by atoms with Crippen molar-refractivity contribution in [2.24, 2.45) is 0 Å². The second-order valence-corrected chi connectivity index (χ2v) is 9.12. The molecule has 150 valence electrons. The van der Waals surface area contributed by atoms with E-state index in [0.29, 0.717) is 29.9 Å². The fourth-order valence-corrected chi connectivity index (χ4v) is 4.22. The van der Waals surface area contributed by atoms with Crippen molar-refractivity contribution in [2.75, 3.05) is 6.54 Å². The van der Waals surface area contributed by atoms with Gasteiger partial charge in [0.15, 0.2) is 0 Å². The van der Waals surface area contributed by atoms with E-state index in [-0.39, 0.29) is 11.4 Å². The molecule has 0 aliphatic carbocycles. The fraction of sp³-hybridized carbons (Fsp3) is 0.526. The highest BCUT2D eigenvalue weighted by atomic mass is 32.2. The molecule has 2 aromatic rings. The Bertz CT molecular complexity index is 878. The molecule has 0 aliphatic rings. The quantitative estimate of drug-likeness (QED) is 0.591. The summed E-state index contributed by atoms with van der Waals surface area (Å²) in [5.41, 5.74) is 1.65. The monoisotopic (exact) mass is 396 g/mol. The van der Waals surface area contributed by atoms with Crippen molar-refractivity contribution in [3.8, 4) is 11.1 Å². The van der Waals surface area contributed by atoms with Gasteiger partial charge in [0.05, 0.1) is 22.3 Å². The number of aromatic nitrogens is 1. The second-order valence-electron chi connectivity index (χ2n) is 7.39. The summed E-state index contributed by atoms with van der Waals surface area (Å²) in [5.74, 6) is 0.633. The molecular weight excluding hydrogens is 368 g/mol. The first kappa shape index (κ1) is 21.6. The van der Waals surface area contributed by atoms with Crippen molar-refractivity contribution in [3.63, 3.8) is 0 Å². The Hall–Kier alpha value is -1.74. The number of benzene rings is 1. The minimum absolute atomic E-state index is 0.171. The van der Waals surface area contributed by atoms with Gasteiger partial charge in [0.1, 0.15) is 5.76 Å². The average molecular weight is 397 g/mol. The lowest BCUT2D eigenvalue weighted by atomic mass is 9.98. The molecule has 2 rings (SSSR count). The molecule has 0 saturated heterocycles. The van der Waals surface area contributed by atoms with Crippen LogP contribution in [0.1, 0.15) is 43.7 Å². The molecule has 0 fully saturated rings. The number of hydrogen-bond acceptors (Lipinski definition) is 6. The van der Waals surface area contributed by atoms with Crippen molar-refractivity contribution in [2.45, 2.75) is 64.1 Å². The van der Waals surface area contributed by atoms with Crippen LogP contribution in [0.2, 0.25) is 0 Å². The number of sulfonamides is 1. The van der Waals surface area contributed by atoms with Gasteiger partial charge in [-0.25, -0.2) is 13.1 Å². The van der Waals surface area contributed by atoms with Crippen molar-refractivity contribution in [1.29, 1.82) is 0 Å². The zero-order valence-electron chi connectivity index (χ0n) is 16.4. The van der Waals surface area contributed by atoms with E-state index >= 15 is 0 Å². The lowest BCUT2D eigenvalue weighted by Gasteiger charge is -2.24. The van der Waals surface area contributed by atoms with Crippen LogP contribution in [0.25, 0.3) is 11.1 Å². The van der Waals surface area contributed by atoms with E-state index in [0.717, 1.165) is 11.1 Å². The van der Waals surface area contributed by atoms with E-state index in [4.69, 9.17) is 4.52 Å². The van der Waals surface area contributed by atoms with Crippen LogP contribution < -0.4 is 4.72 Å². The molecule has 27 heavy (non-hydrogen) atoms. The Morgan fingerprint density at radius 1 is 1.26 bits per heavy atom. The second kappa shape index (κ2) is 8.10. The third-order valence-corrected chi connectivity index (χ3v) is 6.16. The average Bonchev–Trinajstić information content (AvgIpc) is 2.90. The lowest BCUT2D eigenvalue weighted by Crippen LogP contribution is -2.36. The zero-order chi connectivity index (χ0) is 20.4. The maximum absolute atomic E-state index is 12.7. The number of nitrogens with zero attached hydrogens (tertiary/aromatic N) is 1. The third-order valence-electron chi connectivity index (χ3n) is 4.56. The van der Waals surface area contributed by atoms with Gasteiger partial charge < -0.3 is 14.7 Å². The van der Waals surface area contributed by atoms with E-state index in [1.54, 1.807) is 26.0 Å². The highest BCUT2D eigenvalue weighted by molar-refractivity contribution is 7.89. The van der Waals surface area contributed by atoms with Gasteiger partial charge in [-0.2, -0.15) is 0 Å². The molecule has 0 spiro atoms. The van der Waals surface area contributed by atoms with Gasteiger partial charge in [-0.3, -0.25) is 0 Å². The summed E-state index contributed by atoms with van der Waals surface area (Å²) in [5, 5.41) is 23.5. The molecule has 0 aliphatic heterocycles. The van der Waals surface area contributed by atoms with Gasteiger partial charge in [-0.05, 0) is 64.7 Å². The minimum atomic E-state index is -3.71. The molecule has 1 heterocycles. The molecule has 0 amide bonds. The standard InChI is InChI=1S/C19H28N2O5S/c1-12-8-9-15(18-13(2)21-26-14(18)3)11-16(12)27(24,25)20-10-6-7-17(22)19(4,5)23/h8-9,11,17,20,22-23H,6-7,10H2,1-5H3. The van der Waals surface area contributed by atoms with E-state index in [1.807, 2.05) is 13.0 Å². The van der Waals surface area contributed by atoms with Crippen LogP contribution >= 0.6 is 0 Å². The summed E-state index contributed by atoms with van der Waals surface area (Å²) >= 11 is 0. The van der Waals surface area contributed by atoms with Gasteiger partial charge in [-0.15, -0.1) is 0 Å². The van der Waals surface area contributed by atoms with E-state index < -0.39 is 21.7 Å². The van der Waals surface area contributed by atoms with Gasteiger partial charge in [0.2, 0.25) is 10.0 Å². The number of hydrogen-bond donors (Lipinski definition) is 3. The molecule has 1 unspecified atom stereocenters. The Labute approximate surface area is 160 Å². The molecule has 0 saturated carbocycles. The summed E-state index contributed by atoms with van der Waals surface area (Å²) < 4.78 is 33.2. The topological polar surface area (TPSA) is 113 Å². The molecule has 1 atom stereocenters. The van der Waals surface area contributed by atoms with Crippen molar-refractivity contribution in [1.82, 2.24) is 9.88 Å². The van der Waals surface area contributed by atoms with Crippen LogP contribution in [-0.2, 0) is 10.0 Å². The number of nitrogens with one attached hydrogen (secondary N) is 1. The molecule has 7 nitrogen and oxygen atoms in total. The van der Waals surface area contributed by atoms with Crippen LogP contribution in [0.5, 0.6) is 0 Å². The number of aliphatic hydroxyl groups is 2. The maximum Gasteiger partial charge on any atom is 0.240 e. The molecule has 1 aromatic carbocycles. The summed E-state index contributed by atoms with van der Waals surface area (Å²) in [6, 6.07) is 5.23. The summed E-state index contributed by atoms with van der Waals surface area (Å²) in [6.07, 6.45) is -0.205. The molecule has 0 bridgehead atoms. The lowest BCUT2D eigenvalue weighted by molar-refractivity contribution is -0.0517. The smallest absolute Gasteiger partial charge is 0.240 e. The van der Waals surface area contributed by atoms with E-state index in [9.17, 15) is 18.6 Å².